The summed E-state index contributed by atoms with van der Waals surface area (Å²) in [6.07, 6.45) is 2.51. The summed E-state index contributed by atoms with van der Waals surface area (Å²) in [6.45, 7) is 8.85. The number of benzene rings is 1. The molecule has 0 aliphatic carbocycles. The van der Waals surface area contributed by atoms with Crippen molar-refractivity contribution in [3.8, 4) is 0 Å². The summed E-state index contributed by atoms with van der Waals surface area (Å²) in [4.78, 5) is 21.6. The lowest BCUT2D eigenvalue weighted by Gasteiger charge is -2.32. The Morgan fingerprint density at radius 1 is 1.27 bits per heavy atom. The van der Waals surface area contributed by atoms with Gasteiger partial charge in [0.05, 0.1) is 5.69 Å². The Labute approximate surface area is 159 Å². The topological polar surface area (TPSA) is 61.0 Å². The minimum Gasteiger partial charge on any atom is -0.372 e. The van der Waals surface area contributed by atoms with Gasteiger partial charge in [-0.2, -0.15) is 11.8 Å². The molecule has 3 rings (SSSR count). The van der Waals surface area contributed by atoms with Crippen LogP contribution in [0.3, 0.4) is 0 Å². The molecule has 6 heteroatoms. The molecule has 0 atom stereocenters. The molecule has 0 bridgehead atoms. The number of aromatic amines is 1. The van der Waals surface area contributed by atoms with Gasteiger partial charge in [-0.25, -0.2) is 4.98 Å². The molecule has 2 heterocycles. The molecule has 1 aromatic carbocycles. The molecule has 1 aromatic heterocycles. The second kappa shape index (κ2) is 8.62. The van der Waals surface area contributed by atoms with E-state index in [1.165, 1.54) is 18.5 Å². The first-order valence-corrected chi connectivity index (χ1v) is 10.4. The van der Waals surface area contributed by atoms with Gasteiger partial charge in [-0.05, 0) is 48.3 Å². The minimum atomic E-state index is -0.124. The van der Waals surface area contributed by atoms with Crippen molar-refractivity contribution in [2.24, 2.45) is 5.92 Å². The Bertz CT molecular complexity index is 764. The van der Waals surface area contributed by atoms with E-state index in [9.17, 15) is 4.79 Å². The van der Waals surface area contributed by atoms with Crippen molar-refractivity contribution >= 4 is 29.1 Å². The van der Waals surface area contributed by atoms with E-state index < -0.39 is 0 Å². The highest BCUT2D eigenvalue weighted by atomic mass is 32.2. The molecule has 1 saturated heterocycles. The Hall–Kier alpha value is -1.95. The van der Waals surface area contributed by atoms with E-state index in [4.69, 9.17) is 0 Å². The maximum Gasteiger partial charge on any atom is 0.252 e. The first-order chi connectivity index (χ1) is 12.5. The second-order valence-corrected chi connectivity index (χ2v) is 8.85. The van der Waals surface area contributed by atoms with Gasteiger partial charge >= 0.3 is 0 Å². The smallest absolute Gasteiger partial charge is 0.252 e. The first kappa shape index (κ1) is 18.8. The van der Waals surface area contributed by atoms with Gasteiger partial charge in [-0.15, -0.1) is 0 Å². The zero-order valence-corrected chi connectivity index (χ0v) is 16.6. The summed E-state index contributed by atoms with van der Waals surface area (Å²) < 4.78 is 0. The lowest BCUT2D eigenvalue weighted by Crippen LogP contribution is -2.32. The van der Waals surface area contributed by atoms with Gasteiger partial charge < -0.3 is 10.2 Å². The quantitative estimate of drug-likeness (QED) is 0.787. The summed E-state index contributed by atoms with van der Waals surface area (Å²) in [5.41, 5.74) is 2.86. The lowest BCUT2D eigenvalue weighted by atomic mass is 9.99. The molecule has 2 N–H and O–H groups in total. The normalized spacial score (nSPS) is 15.5. The number of nitrogens with one attached hydrogen (secondary N) is 2. The van der Waals surface area contributed by atoms with E-state index in [0.29, 0.717) is 11.2 Å². The van der Waals surface area contributed by atoms with Crippen LogP contribution in [0.15, 0.2) is 35.1 Å². The van der Waals surface area contributed by atoms with Crippen LogP contribution in [0.4, 0.5) is 17.3 Å². The third-order valence-electron chi connectivity index (χ3n) is 4.64. The van der Waals surface area contributed by atoms with Crippen LogP contribution in [0, 0.1) is 5.92 Å². The predicted octanol–water partition coefficient (Wildman–Crippen LogP) is 4.39. The number of hydrogen-bond donors (Lipinski definition) is 2. The standard InChI is InChI=1S/C20H28N4OS/c1-14(2)26-13-17-12-19(25)23-20(22-17)21-16-4-6-18(7-5-16)24-10-8-15(3)9-11-24/h4-7,12,14-15H,8-11,13H2,1-3H3,(H2,21,22,23,25). The molecule has 0 radical (unpaired) electrons. The first-order valence-electron chi connectivity index (χ1n) is 9.33. The molecule has 1 aliphatic rings. The van der Waals surface area contributed by atoms with E-state index in [0.717, 1.165) is 36.1 Å². The molecule has 1 fully saturated rings. The van der Waals surface area contributed by atoms with E-state index in [-0.39, 0.29) is 5.56 Å². The van der Waals surface area contributed by atoms with Crippen molar-refractivity contribution in [3.05, 3.63) is 46.4 Å². The monoisotopic (exact) mass is 372 g/mol. The second-order valence-electron chi connectivity index (χ2n) is 7.29. The average molecular weight is 373 g/mol. The van der Waals surface area contributed by atoms with Crippen LogP contribution in [0.2, 0.25) is 0 Å². The molecule has 26 heavy (non-hydrogen) atoms. The Balaban J connectivity index is 1.66. The average Bonchev–Trinajstić information content (AvgIpc) is 2.61. The molecular weight excluding hydrogens is 344 g/mol. The molecule has 5 nitrogen and oxygen atoms in total. The van der Waals surface area contributed by atoms with Crippen LogP contribution in [-0.4, -0.2) is 28.3 Å². The SMILES string of the molecule is CC1CCN(c2ccc(Nc3nc(CSC(C)C)cc(=O)[nH]3)cc2)CC1. The van der Waals surface area contributed by atoms with Crippen LogP contribution in [0.5, 0.6) is 0 Å². The summed E-state index contributed by atoms with van der Waals surface area (Å²) in [5, 5.41) is 3.73. The van der Waals surface area contributed by atoms with Gasteiger partial charge in [0.25, 0.3) is 5.56 Å². The molecule has 0 unspecified atom stereocenters. The molecular formula is C20H28N4OS. The number of thioether (sulfide) groups is 1. The molecule has 140 valence electrons. The molecule has 2 aromatic rings. The van der Waals surface area contributed by atoms with Crippen molar-refractivity contribution in [2.75, 3.05) is 23.3 Å². The zero-order valence-electron chi connectivity index (χ0n) is 15.8. The van der Waals surface area contributed by atoms with Gasteiger partial charge in [0.1, 0.15) is 0 Å². The zero-order chi connectivity index (χ0) is 18.5. The van der Waals surface area contributed by atoms with Crippen molar-refractivity contribution in [1.82, 2.24) is 9.97 Å². The van der Waals surface area contributed by atoms with Crippen LogP contribution in [-0.2, 0) is 5.75 Å². The van der Waals surface area contributed by atoms with Gasteiger partial charge in [0.15, 0.2) is 0 Å². The number of aromatic nitrogens is 2. The number of H-pyrrole nitrogens is 1. The molecule has 0 spiro atoms. The predicted molar refractivity (Wildman–Crippen MR) is 112 cm³/mol. The van der Waals surface area contributed by atoms with Gasteiger partial charge in [-0.3, -0.25) is 9.78 Å². The van der Waals surface area contributed by atoms with Crippen molar-refractivity contribution in [1.29, 1.82) is 0 Å². The maximum absolute atomic E-state index is 11.9. The summed E-state index contributed by atoms with van der Waals surface area (Å²) in [7, 11) is 0. The highest BCUT2D eigenvalue weighted by Gasteiger charge is 2.15. The fourth-order valence-electron chi connectivity index (χ4n) is 3.05. The third kappa shape index (κ3) is 5.27. The van der Waals surface area contributed by atoms with E-state index >= 15 is 0 Å². The number of anilines is 3. The number of hydrogen-bond acceptors (Lipinski definition) is 5. The summed E-state index contributed by atoms with van der Waals surface area (Å²) >= 11 is 1.78. The summed E-state index contributed by atoms with van der Waals surface area (Å²) in [5.74, 6) is 2.07. The highest BCUT2D eigenvalue weighted by molar-refractivity contribution is 7.99. The lowest BCUT2D eigenvalue weighted by molar-refractivity contribution is 0.438. The fourth-order valence-corrected chi connectivity index (χ4v) is 3.70. The Kier molecular flexibility index (Phi) is 6.25. The van der Waals surface area contributed by atoms with Crippen LogP contribution >= 0.6 is 11.8 Å². The minimum absolute atomic E-state index is 0.124. The van der Waals surface area contributed by atoms with Crippen molar-refractivity contribution < 1.29 is 0 Å². The van der Waals surface area contributed by atoms with Crippen LogP contribution < -0.4 is 15.8 Å². The maximum atomic E-state index is 11.9. The van der Waals surface area contributed by atoms with E-state index in [1.54, 1.807) is 17.8 Å². The van der Waals surface area contributed by atoms with Crippen LogP contribution in [0.1, 0.15) is 39.3 Å². The number of piperidine rings is 1. The number of nitrogens with zero attached hydrogens (tertiary/aromatic N) is 2. The van der Waals surface area contributed by atoms with Gasteiger partial charge in [0.2, 0.25) is 5.95 Å². The fraction of sp³-hybridized carbons (Fsp3) is 0.500. The van der Waals surface area contributed by atoms with Crippen molar-refractivity contribution in [2.45, 2.75) is 44.6 Å². The Morgan fingerprint density at radius 2 is 1.96 bits per heavy atom. The summed E-state index contributed by atoms with van der Waals surface area (Å²) in [6, 6.07) is 9.93. The van der Waals surface area contributed by atoms with Crippen molar-refractivity contribution in [3.63, 3.8) is 0 Å². The molecule has 0 saturated carbocycles. The number of rotatable bonds is 6. The molecule has 0 amide bonds. The highest BCUT2D eigenvalue weighted by Crippen LogP contribution is 2.25. The third-order valence-corrected chi connectivity index (χ3v) is 5.77. The largest absolute Gasteiger partial charge is 0.372 e. The van der Waals surface area contributed by atoms with Gasteiger partial charge in [0, 0.05) is 36.3 Å². The van der Waals surface area contributed by atoms with E-state index in [1.807, 2.05) is 12.1 Å². The van der Waals surface area contributed by atoms with Crippen LogP contribution in [0.25, 0.3) is 0 Å². The van der Waals surface area contributed by atoms with Gasteiger partial charge in [-0.1, -0.05) is 20.8 Å². The molecule has 1 aliphatic heterocycles. The Morgan fingerprint density at radius 3 is 2.62 bits per heavy atom. The van der Waals surface area contributed by atoms with E-state index in [2.05, 4.69) is 53.1 Å².